The van der Waals surface area contributed by atoms with E-state index in [0.29, 0.717) is 17.1 Å². The molecule has 0 radical (unpaired) electrons. The minimum atomic E-state index is -4.47. The Kier molecular flexibility index (Phi) is 8.38. The van der Waals surface area contributed by atoms with Crippen LogP contribution >= 0.6 is 11.8 Å². The van der Waals surface area contributed by atoms with Crippen molar-refractivity contribution < 1.29 is 27.5 Å². The molecule has 1 aliphatic heterocycles. The largest absolute Gasteiger partial charge is 0.417 e. The molecule has 43 heavy (non-hydrogen) atoms. The maximum absolute atomic E-state index is 13.0. The van der Waals surface area contributed by atoms with Crippen molar-refractivity contribution in [3.63, 3.8) is 0 Å². The zero-order valence-corrected chi connectivity index (χ0v) is 24.5. The van der Waals surface area contributed by atoms with Crippen molar-refractivity contribution in [3.05, 3.63) is 89.2 Å². The van der Waals surface area contributed by atoms with E-state index in [9.17, 15) is 22.8 Å². The minimum Gasteiger partial charge on any atom is -0.377 e. The molecule has 0 aliphatic carbocycles. The van der Waals surface area contributed by atoms with Crippen molar-refractivity contribution in [2.75, 3.05) is 23.1 Å². The number of nitrogens with one attached hydrogen (secondary N) is 1. The first kappa shape index (κ1) is 30.0. The van der Waals surface area contributed by atoms with Crippen molar-refractivity contribution in [3.8, 4) is 17.1 Å². The predicted molar refractivity (Wildman–Crippen MR) is 160 cm³/mol. The van der Waals surface area contributed by atoms with Crippen LogP contribution in [0.2, 0.25) is 0 Å². The summed E-state index contributed by atoms with van der Waals surface area (Å²) in [7, 11) is 1.59. The summed E-state index contributed by atoms with van der Waals surface area (Å²) in [4.78, 5) is 35.4. The molecular formula is C30H27F3N6O3S. The van der Waals surface area contributed by atoms with Gasteiger partial charge in [-0.25, -0.2) is 14.5 Å². The number of hydrogen-bond donors (Lipinski definition) is 1. The van der Waals surface area contributed by atoms with Gasteiger partial charge in [0, 0.05) is 36.3 Å². The Bertz CT molecular complexity index is 1720. The number of hydrogen-bond acceptors (Lipinski definition) is 6. The van der Waals surface area contributed by atoms with Gasteiger partial charge in [0.2, 0.25) is 5.91 Å². The SMILES string of the molecule is COC(C)c1ccc(C)cc1N1C(=O)CSC1=NC(=O)Nc1ccc(-c2ccn(-c3ccc(C(F)(F)F)cn3)n2)cc1C. The van der Waals surface area contributed by atoms with Crippen LogP contribution in [0.25, 0.3) is 17.1 Å². The van der Waals surface area contributed by atoms with Gasteiger partial charge in [0.25, 0.3) is 0 Å². The molecule has 1 aliphatic rings. The lowest BCUT2D eigenvalue weighted by Gasteiger charge is -2.23. The number of aliphatic imine (C=N–C) groups is 1. The van der Waals surface area contributed by atoms with E-state index in [0.717, 1.165) is 34.5 Å². The van der Waals surface area contributed by atoms with Crippen molar-refractivity contribution in [1.29, 1.82) is 0 Å². The highest BCUT2D eigenvalue weighted by molar-refractivity contribution is 8.15. The number of amides is 3. The summed E-state index contributed by atoms with van der Waals surface area (Å²) in [6, 6.07) is 14.3. The minimum absolute atomic E-state index is 0.156. The second kappa shape index (κ2) is 12.0. The summed E-state index contributed by atoms with van der Waals surface area (Å²) in [6.45, 7) is 5.62. The third-order valence-electron chi connectivity index (χ3n) is 6.84. The molecule has 9 nitrogen and oxygen atoms in total. The van der Waals surface area contributed by atoms with Gasteiger partial charge >= 0.3 is 12.2 Å². The van der Waals surface area contributed by atoms with Crippen molar-refractivity contribution in [1.82, 2.24) is 14.8 Å². The van der Waals surface area contributed by atoms with Crippen LogP contribution in [0.5, 0.6) is 0 Å². The van der Waals surface area contributed by atoms with Gasteiger partial charge in [0.05, 0.1) is 28.8 Å². The number of anilines is 2. The first-order valence-electron chi connectivity index (χ1n) is 13.1. The standard InChI is InChI=1S/C30H27F3N6O3S/c1-17-5-8-22(19(3)42-4)25(13-17)39-27(40)16-43-29(39)36-28(41)35-23-9-6-20(14-18(23)2)24-11-12-38(37-24)26-10-7-21(15-34-26)30(31,32)33/h5-15,19H,16H2,1-4H3,(H,35,41). The van der Waals surface area contributed by atoms with E-state index in [1.165, 1.54) is 27.4 Å². The third kappa shape index (κ3) is 6.47. The quantitative estimate of drug-likeness (QED) is 0.254. The summed E-state index contributed by atoms with van der Waals surface area (Å²) in [5.41, 5.74) is 4.10. The first-order valence-corrected chi connectivity index (χ1v) is 14.1. The number of methoxy groups -OCH3 is 1. The van der Waals surface area contributed by atoms with Crippen LogP contribution in [0.15, 0.2) is 72.0 Å². The number of pyridine rings is 1. The van der Waals surface area contributed by atoms with E-state index >= 15 is 0 Å². The number of aryl methyl sites for hydroxylation is 2. The number of amidine groups is 1. The number of urea groups is 1. The molecule has 2 aromatic heterocycles. The van der Waals surface area contributed by atoms with E-state index in [1.54, 1.807) is 31.5 Å². The number of benzene rings is 2. The van der Waals surface area contributed by atoms with E-state index in [2.05, 4.69) is 20.4 Å². The molecule has 5 rings (SSSR count). The molecule has 13 heteroatoms. The fourth-order valence-electron chi connectivity index (χ4n) is 4.49. The van der Waals surface area contributed by atoms with Crippen LogP contribution in [0.3, 0.4) is 0 Å². The Morgan fingerprint density at radius 2 is 1.91 bits per heavy atom. The van der Waals surface area contributed by atoms with Gasteiger partial charge in [-0.1, -0.05) is 30.0 Å². The monoisotopic (exact) mass is 608 g/mol. The Labute approximate surface area is 249 Å². The summed E-state index contributed by atoms with van der Waals surface area (Å²) >= 11 is 1.19. The van der Waals surface area contributed by atoms with Crippen LogP contribution in [0.1, 0.15) is 35.3 Å². The molecule has 2 aromatic carbocycles. The maximum atomic E-state index is 13.0. The highest BCUT2D eigenvalue weighted by atomic mass is 32.2. The third-order valence-corrected chi connectivity index (χ3v) is 7.77. The number of halogens is 3. The smallest absolute Gasteiger partial charge is 0.377 e. The maximum Gasteiger partial charge on any atom is 0.417 e. The van der Waals surface area contributed by atoms with Crippen LogP contribution in [0, 0.1) is 13.8 Å². The van der Waals surface area contributed by atoms with Gasteiger partial charge < -0.3 is 10.1 Å². The fraction of sp³-hybridized carbons (Fsp3) is 0.233. The van der Waals surface area contributed by atoms with Crippen LogP contribution in [-0.4, -0.2) is 44.7 Å². The van der Waals surface area contributed by atoms with Crippen LogP contribution in [0.4, 0.5) is 29.3 Å². The summed E-state index contributed by atoms with van der Waals surface area (Å²) in [5, 5.41) is 7.49. The number of ether oxygens (including phenoxy) is 1. The lowest BCUT2D eigenvalue weighted by Crippen LogP contribution is -2.31. The van der Waals surface area contributed by atoms with Crippen LogP contribution < -0.4 is 10.2 Å². The lowest BCUT2D eigenvalue weighted by atomic mass is 10.0. The molecular weight excluding hydrogens is 581 g/mol. The second-order valence-corrected chi connectivity index (χ2v) is 10.8. The molecule has 1 atom stereocenters. The highest BCUT2D eigenvalue weighted by Gasteiger charge is 2.33. The van der Waals surface area contributed by atoms with Gasteiger partial charge in [-0.2, -0.15) is 23.3 Å². The number of carbonyl (C=O) groups is 2. The Morgan fingerprint density at radius 3 is 2.58 bits per heavy atom. The summed E-state index contributed by atoms with van der Waals surface area (Å²) < 4.78 is 45.4. The van der Waals surface area contributed by atoms with Gasteiger partial charge in [-0.15, -0.1) is 0 Å². The number of thioether (sulfide) groups is 1. The summed E-state index contributed by atoms with van der Waals surface area (Å²) in [5.74, 6) is 0.215. The van der Waals surface area contributed by atoms with E-state index in [1.807, 2.05) is 45.0 Å². The number of rotatable bonds is 6. The highest BCUT2D eigenvalue weighted by Crippen LogP contribution is 2.35. The summed E-state index contributed by atoms with van der Waals surface area (Å²) in [6.07, 6.45) is -2.38. The molecule has 1 N–H and O–H groups in total. The zero-order valence-electron chi connectivity index (χ0n) is 23.6. The molecule has 222 valence electrons. The molecule has 3 heterocycles. The van der Waals surface area contributed by atoms with Gasteiger partial charge in [0.1, 0.15) is 0 Å². The van der Waals surface area contributed by atoms with Gasteiger partial charge in [-0.05, 0) is 68.3 Å². The molecule has 4 aromatic rings. The number of alkyl halides is 3. The average Bonchev–Trinajstić information content (AvgIpc) is 3.60. The molecule has 3 amide bonds. The van der Waals surface area contributed by atoms with E-state index in [4.69, 9.17) is 4.74 Å². The van der Waals surface area contributed by atoms with E-state index < -0.39 is 17.8 Å². The Morgan fingerprint density at radius 1 is 1.12 bits per heavy atom. The van der Waals surface area contributed by atoms with Gasteiger partial charge in [0.15, 0.2) is 11.0 Å². The molecule has 1 saturated heterocycles. The molecule has 1 fully saturated rings. The molecule has 0 bridgehead atoms. The van der Waals surface area contributed by atoms with Crippen molar-refractivity contribution in [2.45, 2.75) is 33.1 Å². The lowest BCUT2D eigenvalue weighted by molar-refractivity contribution is -0.137. The molecule has 0 spiro atoms. The second-order valence-electron chi connectivity index (χ2n) is 9.86. The molecule has 1 unspecified atom stereocenters. The first-order chi connectivity index (χ1) is 20.4. The van der Waals surface area contributed by atoms with Crippen molar-refractivity contribution >= 4 is 40.2 Å². The average molecular weight is 609 g/mol. The van der Waals surface area contributed by atoms with Crippen LogP contribution in [-0.2, 0) is 15.7 Å². The topological polar surface area (TPSA) is 102 Å². The van der Waals surface area contributed by atoms with Gasteiger partial charge in [-0.3, -0.25) is 9.69 Å². The predicted octanol–water partition coefficient (Wildman–Crippen LogP) is 6.95. The Balaban J connectivity index is 1.33. The number of nitrogens with zero attached hydrogens (tertiary/aromatic N) is 5. The fourth-order valence-corrected chi connectivity index (χ4v) is 5.35. The molecule has 0 saturated carbocycles. The number of aromatic nitrogens is 3. The zero-order chi connectivity index (χ0) is 30.9. The Hall–Kier alpha value is -4.49. The van der Waals surface area contributed by atoms with Crippen molar-refractivity contribution in [2.24, 2.45) is 4.99 Å². The normalized spacial score (nSPS) is 15.3. The number of carbonyl (C=O) groups excluding carboxylic acids is 2. The van der Waals surface area contributed by atoms with E-state index in [-0.39, 0.29) is 28.7 Å².